The Balaban J connectivity index is 0. The molecule has 122 valence electrons. The van der Waals surface area contributed by atoms with E-state index >= 15 is 0 Å². The lowest BCUT2D eigenvalue weighted by Crippen LogP contribution is -2.20. The highest BCUT2D eigenvalue weighted by atomic mass is 16.4. The van der Waals surface area contributed by atoms with E-state index in [9.17, 15) is 4.79 Å². The molecule has 0 saturated carbocycles. The van der Waals surface area contributed by atoms with Gasteiger partial charge in [-0.25, -0.2) is 0 Å². The van der Waals surface area contributed by atoms with Crippen molar-refractivity contribution < 1.29 is 9.90 Å². The third-order valence-corrected chi connectivity index (χ3v) is 3.28. The fraction of sp³-hybridized carbons (Fsp3) is 0.941. The van der Waals surface area contributed by atoms with Crippen LogP contribution in [0.4, 0.5) is 0 Å². The molecule has 0 aromatic rings. The van der Waals surface area contributed by atoms with Crippen molar-refractivity contribution in [2.75, 3.05) is 20.1 Å². The topological polar surface area (TPSA) is 40.5 Å². The molecule has 3 heteroatoms. The summed E-state index contributed by atoms with van der Waals surface area (Å²) in [5, 5.41) is 8.27. The van der Waals surface area contributed by atoms with Crippen molar-refractivity contribution >= 4 is 5.97 Å². The maximum atomic E-state index is 10.0. The highest BCUT2D eigenvalue weighted by Gasteiger charge is 1.95. The molecule has 0 aromatic carbocycles. The number of hydrogen-bond donors (Lipinski definition) is 1. The average Bonchev–Trinajstić information content (AvgIpc) is 2.43. The van der Waals surface area contributed by atoms with Gasteiger partial charge in [0, 0.05) is 6.42 Å². The summed E-state index contributed by atoms with van der Waals surface area (Å²) < 4.78 is 0. The number of unbranched alkanes of at least 4 members (excludes halogenated alkanes) is 6. The van der Waals surface area contributed by atoms with Crippen molar-refractivity contribution in [2.24, 2.45) is 0 Å². The van der Waals surface area contributed by atoms with Crippen LogP contribution in [0.1, 0.15) is 85.0 Å². The second-order valence-corrected chi connectivity index (χ2v) is 5.57. The Morgan fingerprint density at radius 3 is 1.65 bits per heavy atom. The van der Waals surface area contributed by atoms with Gasteiger partial charge < -0.3 is 10.0 Å². The van der Waals surface area contributed by atoms with Gasteiger partial charge in [-0.15, -0.1) is 0 Å². The molecule has 0 bridgehead atoms. The Bertz CT molecular complexity index is 187. The van der Waals surface area contributed by atoms with Crippen molar-refractivity contribution in [2.45, 2.75) is 85.0 Å². The molecule has 0 saturated heterocycles. The zero-order chi connectivity index (χ0) is 15.6. The molecule has 0 aliphatic heterocycles. The van der Waals surface area contributed by atoms with E-state index in [2.05, 4.69) is 32.7 Å². The first kappa shape index (κ1) is 21.7. The fourth-order valence-corrected chi connectivity index (χ4v) is 1.85. The van der Waals surface area contributed by atoms with Crippen LogP contribution >= 0.6 is 0 Å². The highest BCUT2D eigenvalue weighted by molar-refractivity contribution is 5.66. The van der Waals surface area contributed by atoms with Crippen LogP contribution < -0.4 is 0 Å². The summed E-state index contributed by atoms with van der Waals surface area (Å²) in [7, 11) is 2.21. The van der Waals surface area contributed by atoms with Crippen molar-refractivity contribution in [1.82, 2.24) is 4.90 Å². The molecule has 0 aliphatic rings. The van der Waals surface area contributed by atoms with Crippen LogP contribution in [0.3, 0.4) is 0 Å². The van der Waals surface area contributed by atoms with Crippen molar-refractivity contribution in [3.05, 3.63) is 0 Å². The molecule has 20 heavy (non-hydrogen) atoms. The number of nitrogens with zero attached hydrogens (tertiary/aromatic N) is 1. The molecule has 0 atom stereocenters. The van der Waals surface area contributed by atoms with E-state index in [4.69, 9.17) is 5.11 Å². The number of carboxylic acid groups (broad SMARTS) is 1. The number of carbonyl (C=O) groups is 1. The van der Waals surface area contributed by atoms with Gasteiger partial charge in [0.05, 0.1) is 0 Å². The van der Waals surface area contributed by atoms with Crippen LogP contribution in [0.2, 0.25) is 0 Å². The summed E-state index contributed by atoms with van der Waals surface area (Å²) in [6.45, 7) is 9.19. The SMILES string of the molecule is CCCCCCCC(=O)O.CCCCN(C)CCCC. The molecule has 0 amide bonds. The van der Waals surface area contributed by atoms with Crippen LogP contribution in [0, 0.1) is 0 Å². The van der Waals surface area contributed by atoms with Gasteiger partial charge in [0.1, 0.15) is 0 Å². The summed E-state index contributed by atoms with van der Waals surface area (Å²) in [5.41, 5.74) is 0. The monoisotopic (exact) mass is 287 g/mol. The molecule has 0 fully saturated rings. The minimum absolute atomic E-state index is 0.337. The normalized spacial score (nSPS) is 10.2. The predicted molar refractivity (Wildman–Crippen MR) is 88.3 cm³/mol. The van der Waals surface area contributed by atoms with Gasteiger partial charge in [0.2, 0.25) is 0 Å². The minimum Gasteiger partial charge on any atom is -0.481 e. The van der Waals surface area contributed by atoms with Gasteiger partial charge >= 0.3 is 5.97 Å². The van der Waals surface area contributed by atoms with Crippen LogP contribution in [0.5, 0.6) is 0 Å². The first-order valence-corrected chi connectivity index (χ1v) is 8.48. The third-order valence-electron chi connectivity index (χ3n) is 3.28. The van der Waals surface area contributed by atoms with E-state index in [-0.39, 0.29) is 0 Å². The van der Waals surface area contributed by atoms with E-state index in [1.54, 1.807) is 0 Å². The molecule has 0 spiro atoms. The quantitative estimate of drug-likeness (QED) is 0.516. The smallest absolute Gasteiger partial charge is 0.303 e. The summed E-state index contributed by atoms with van der Waals surface area (Å²) in [6, 6.07) is 0. The van der Waals surface area contributed by atoms with Gasteiger partial charge in [-0.3, -0.25) is 4.79 Å². The van der Waals surface area contributed by atoms with Gasteiger partial charge in [-0.05, 0) is 39.4 Å². The second kappa shape index (κ2) is 18.4. The summed E-state index contributed by atoms with van der Waals surface area (Å²) >= 11 is 0. The Labute approximate surface area is 126 Å². The number of hydrogen-bond acceptors (Lipinski definition) is 2. The van der Waals surface area contributed by atoms with Gasteiger partial charge in [0.25, 0.3) is 0 Å². The molecule has 0 rings (SSSR count). The lowest BCUT2D eigenvalue weighted by Gasteiger charge is -2.14. The second-order valence-electron chi connectivity index (χ2n) is 5.57. The zero-order valence-corrected chi connectivity index (χ0v) is 14.3. The first-order chi connectivity index (χ1) is 9.58. The molecule has 0 aromatic heterocycles. The molecule has 0 heterocycles. The highest BCUT2D eigenvalue weighted by Crippen LogP contribution is 2.04. The van der Waals surface area contributed by atoms with Crippen LogP contribution in [0.15, 0.2) is 0 Å². The summed E-state index contributed by atoms with van der Waals surface area (Å²) in [6.07, 6.45) is 11.2. The first-order valence-electron chi connectivity index (χ1n) is 8.48. The maximum Gasteiger partial charge on any atom is 0.303 e. The Hall–Kier alpha value is -0.570. The van der Waals surface area contributed by atoms with E-state index in [0.29, 0.717) is 6.42 Å². The molecular formula is C17H37NO2. The van der Waals surface area contributed by atoms with Crippen molar-refractivity contribution in [1.29, 1.82) is 0 Å². The minimum atomic E-state index is -0.670. The van der Waals surface area contributed by atoms with E-state index in [0.717, 1.165) is 12.8 Å². The van der Waals surface area contributed by atoms with Gasteiger partial charge in [-0.1, -0.05) is 59.3 Å². The predicted octanol–water partition coefficient (Wildman–Crippen LogP) is 4.95. The van der Waals surface area contributed by atoms with E-state index in [1.807, 2.05) is 0 Å². The van der Waals surface area contributed by atoms with Crippen LogP contribution in [-0.2, 0) is 4.79 Å². The fourth-order valence-electron chi connectivity index (χ4n) is 1.85. The number of rotatable bonds is 12. The van der Waals surface area contributed by atoms with Gasteiger partial charge in [0.15, 0.2) is 0 Å². The average molecular weight is 287 g/mol. The number of carboxylic acids is 1. The molecule has 0 radical (unpaired) electrons. The lowest BCUT2D eigenvalue weighted by molar-refractivity contribution is -0.137. The molecule has 3 nitrogen and oxygen atoms in total. The van der Waals surface area contributed by atoms with E-state index < -0.39 is 5.97 Å². The Kier molecular flexibility index (Phi) is 20.0. The lowest BCUT2D eigenvalue weighted by atomic mass is 10.1. The third kappa shape index (κ3) is 22.6. The maximum absolute atomic E-state index is 10.0. The van der Waals surface area contributed by atoms with Gasteiger partial charge in [-0.2, -0.15) is 0 Å². The molecule has 0 unspecified atom stereocenters. The summed E-state index contributed by atoms with van der Waals surface area (Å²) in [5.74, 6) is -0.670. The summed E-state index contributed by atoms with van der Waals surface area (Å²) in [4.78, 5) is 12.5. The standard InChI is InChI=1S/C9H21N.C8H16O2/c1-4-6-8-10(3)9-7-5-2;1-2-3-4-5-6-7-8(9)10/h4-9H2,1-3H3;2-7H2,1H3,(H,9,10). The van der Waals surface area contributed by atoms with Crippen molar-refractivity contribution in [3.63, 3.8) is 0 Å². The van der Waals surface area contributed by atoms with Crippen LogP contribution in [0.25, 0.3) is 0 Å². The zero-order valence-electron chi connectivity index (χ0n) is 14.3. The van der Waals surface area contributed by atoms with Crippen molar-refractivity contribution in [3.8, 4) is 0 Å². The molecular weight excluding hydrogens is 250 g/mol. The Morgan fingerprint density at radius 1 is 0.800 bits per heavy atom. The van der Waals surface area contributed by atoms with Crippen LogP contribution in [-0.4, -0.2) is 36.1 Å². The molecule has 1 N–H and O–H groups in total. The van der Waals surface area contributed by atoms with E-state index in [1.165, 1.54) is 58.0 Å². The molecule has 0 aliphatic carbocycles. The Morgan fingerprint density at radius 2 is 1.25 bits per heavy atom. The number of aliphatic carboxylic acids is 1. The largest absolute Gasteiger partial charge is 0.481 e.